The highest BCUT2D eigenvalue weighted by Crippen LogP contribution is 2.43. The standard InChI is InChI=1S/C47H67N5O9S3/c1-10-12-13-14-15-16-17-18-19-20-21-26-40(43-36(23-11-2)44(53)32(3)33(4)45(43)54)62(56,57)35-29-27-34(28-30-35)48-49-39-31-41(63(58,59)51-47(5,6)7)46(55)37-24-22-25-38(42(37)39)50-64(60,61)52(8)9/h22,24-25,27-31,40,50-51,55H,10-21,23,26H2,1-9H3. The van der Waals surface area contributed by atoms with Crippen molar-refractivity contribution in [1.82, 2.24) is 9.03 Å². The van der Waals surface area contributed by atoms with E-state index < -0.39 is 57.3 Å². The Bertz CT molecular complexity index is 2610. The Morgan fingerprint density at radius 1 is 0.734 bits per heavy atom. The summed E-state index contributed by atoms with van der Waals surface area (Å²) in [6.07, 6.45) is 12.8. The lowest BCUT2D eigenvalue weighted by atomic mass is 9.81. The average Bonchev–Trinajstić information content (AvgIpc) is 3.22. The molecule has 3 aromatic rings. The van der Waals surface area contributed by atoms with E-state index in [1.807, 2.05) is 6.92 Å². The van der Waals surface area contributed by atoms with Gasteiger partial charge in [-0.15, -0.1) is 5.11 Å². The van der Waals surface area contributed by atoms with Gasteiger partial charge in [-0.1, -0.05) is 103 Å². The third kappa shape index (κ3) is 13.0. The Morgan fingerprint density at radius 2 is 1.30 bits per heavy atom. The van der Waals surface area contributed by atoms with Gasteiger partial charge in [-0.25, -0.2) is 21.6 Å². The van der Waals surface area contributed by atoms with Crippen LogP contribution in [0.15, 0.2) is 90.8 Å². The van der Waals surface area contributed by atoms with Gasteiger partial charge in [0.15, 0.2) is 21.4 Å². The molecule has 1 aliphatic carbocycles. The Hall–Kier alpha value is -4.29. The lowest BCUT2D eigenvalue weighted by molar-refractivity contribution is -0.116. The molecule has 4 rings (SSSR count). The predicted molar refractivity (Wildman–Crippen MR) is 255 cm³/mol. The molecule has 1 unspecified atom stereocenters. The molecule has 0 amide bonds. The fourth-order valence-corrected chi connectivity index (χ4v) is 11.8. The van der Waals surface area contributed by atoms with E-state index in [1.165, 1.54) is 95.1 Å². The van der Waals surface area contributed by atoms with Crippen LogP contribution in [0, 0.1) is 0 Å². The largest absolute Gasteiger partial charge is 0.506 e. The number of anilines is 1. The number of hydrogen-bond acceptors (Lipinski definition) is 11. The first-order valence-corrected chi connectivity index (χ1v) is 26.7. The molecule has 0 saturated heterocycles. The number of aromatic hydroxyl groups is 1. The number of Topliss-reactive ketones (excluding diaryl/α,β-unsaturated/α-hetero) is 2. The highest BCUT2D eigenvalue weighted by Gasteiger charge is 2.40. The van der Waals surface area contributed by atoms with Gasteiger partial charge in [0, 0.05) is 52.7 Å². The number of azo groups is 1. The summed E-state index contributed by atoms with van der Waals surface area (Å²) in [6.45, 7) is 12.2. The quantitative estimate of drug-likeness (QED) is 0.0443. The first-order valence-electron chi connectivity index (χ1n) is 22.3. The summed E-state index contributed by atoms with van der Waals surface area (Å²) < 4.78 is 88.4. The lowest BCUT2D eigenvalue weighted by Gasteiger charge is -2.27. The second-order valence-electron chi connectivity index (χ2n) is 17.8. The molecule has 0 heterocycles. The Balaban J connectivity index is 1.74. The zero-order chi connectivity index (χ0) is 47.6. The van der Waals surface area contributed by atoms with Crippen molar-refractivity contribution in [2.75, 3.05) is 18.8 Å². The number of carbonyl (C=O) groups is 2. The second kappa shape index (κ2) is 22.3. The van der Waals surface area contributed by atoms with Crippen LogP contribution in [0.3, 0.4) is 0 Å². The molecule has 0 saturated carbocycles. The number of ketones is 2. The van der Waals surface area contributed by atoms with Gasteiger partial charge in [0.05, 0.1) is 27.2 Å². The van der Waals surface area contributed by atoms with Crippen LogP contribution in [0.5, 0.6) is 5.75 Å². The van der Waals surface area contributed by atoms with Crippen LogP contribution in [-0.2, 0) is 39.7 Å². The monoisotopic (exact) mass is 941 g/mol. The number of hydrogen-bond donors (Lipinski definition) is 3. The summed E-state index contributed by atoms with van der Waals surface area (Å²) in [5.41, 5.74) is -0.00591. The summed E-state index contributed by atoms with van der Waals surface area (Å²) in [5.74, 6) is -1.35. The molecule has 1 aliphatic rings. The number of sulfonamides is 1. The number of phenolic OH excluding ortho intramolecular Hbond substituents is 1. The molecule has 14 nitrogen and oxygen atoms in total. The van der Waals surface area contributed by atoms with Crippen molar-refractivity contribution in [2.24, 2.45) is 10.2 Å². The summed E-state index contributed by atoms with van der Waals surface area (Å²) in [7, 11) is -10.0. The molecule has 17 heteroatoms. The highest BCUT2D eigenvalue weighted by molar-refractivity contribution is 7.92. The number of sulfone groups is 1. The smallest absolute Gasteiger partial charge is 0.301 e. The van der Waals surface area contributed by atoms with Crippen molar-refractivity contribution >= 4 is 69.5 Å². The van der Waals surface area contributed by atoms with Crippen molar-refractivity contribution in [1.29, 1.82) is 0 Å². The summed E-state index contributed by atoms with van der Waals surface area (Å²) in [6, 6.07) is 10.9. The number of nitrogens with zero attached hydrogens (tertiary/aromatic N) is 3. The van der Waals surface area contributed by atoms with Gasteiger partial charge < -0.3 is 5.11 Å². The number of allylic oxidation sites excluding steroid dienone is 3. The third-order valence-electron chi connectivity index (χ3n) is 11.3. The van der Waals surface area contributed by atoms with Crippen molar-refractivity contribution in [3.05, 3.63) is 70.8 Å². The van der Waals surface area contributed by atoms with E-state index in [4.69, 9.17) is 0 Å². The third-order valence-corrected chi connectivity index (χ3v) is 16.7. The summed E-state index contributed by atoms with van der Waals surface area (Å²) in [5, 5.41) is 18.7. The summed E-state index contributed by atoms with van der Waals surface area (Å²) in [4.78, 5) is 27.0. The molecule has 0 spiro atoms. The van der Waals surface area contributed by atoms with Crippen LogP contribution in [0.1, 0.15) is 138 Å². The van der Waals surface area contributed by atoms with E-state index in [9.17, 15) is 39.9 Å². The number of nitrogens with one attached hydrogen (secondary N) is 2. The van der Waals surface area contributed by atoms with Crippen LogP contribution in [0.25, 0.3) is 10.8 Å². The minimum Gasteiger partial charge on any atom is -0.506 e. The second-order valence-corrected chi connectivity index (χ2v) is 23.5. The zero-order valence-electron chi connectivity index (χ0n) is 38.9. The van der Waals surface area contributed by atoms with Gasteiger partial charge in [-0.05, 0) is 83.9 Å². The van der Waals surface area contributed by atoms with Crippen molar-refractivity contribution in [3.8, 4) is 5.75 Å². The van der Waals surface area contributed by atoms with Crippen LogP contribution >= 0.6 is 0 Å². The highest BCUT2D eigenvalue weighted by atomic mass is 32.2. The zero-order valence-corrected chi connectivity index (χ0v) is 41.3. The van der Waals surface area contributed by atoms with Gasteiger partial charge in [0.2, 0.25) is 10.0 Å². The average molecular weight is 942 g/mol. The molecule has 3 N–H and O–H groups in total. The number of benzene rings is 3. The SMILES string of the molecule is CCCCCCCCCCCCCC(C1=C(CCC)C(=O)C(C)=C(C)C1=O)S(=O)(=O)c1ccc(N=Nc2cc(S(=O)(=O)NC(C)(C)C)c(O)c3cccc(NS(=O)(=O)N(C)C)c23)cc1. The number of fused-ring (bicyclic) bond motifs is 1. The Morgan fingerprint density at radius 3 is 1.84 bits per heavy atom. The van der Waals surface area contributed by atoms with Crippen molar-refractivity contribution in [2.45, 2.75) is 159 Å². The first-order chi connectivity index (χ1) is 30.0. The maximum absolute atomic E-state index is 14.7. The van der Waals surface area contributed by atoms with Gasteiger partial charge in [0.1, 0.15) is 10.6 Å². The van der Waals surface area contributed by atoms with Crippen molar-refractivity contribution in [3.63, 3.8) is 0 Å². The van der Waals surface area contributed by atoms with Gasteiger partial charge in [-0.2, -0.15) is 17.8 Å². The minimum atomic E-state index is -4.35. The molecule has 0 radical (unpaired) electrons. The van der Waals surface area contributed by atoms with Crippen LogP contribution < -0.4 is 9.44 Å². The maximum Gasteiger partial charge on any atom is 0.301 e. The van der Waals surface area contributed by atoms with Crippen LogP contribution in [-0.4, -0.2) is 71.1 Å². The number of phenols is 1. The van der Waals surface area contributed by atoms with Crippen LogP contribution in [0.2, 0.25) is 0 Å². The van der Waals surface area contributed by atoms with E-state index in [0.717, 1.165) is 36.1 Å². The van der Waals surface area contributed by atoms with Crippen LogP contribution in [0.4, 0.5) is 17.1 Å². The number of rotatable bonds is 24. The van der Waals surface area contributed by atoms with E-state index in [0.29, 0.717) is 18.4 Å². The number of carbonyl (C=O) groups excluding carboxylic acids is 2. The van der Waals surface area contributed by atoms with E-state index >= 15 is 0 Å². The minimum absolute atomic E-state index is 0.0127. The normalized spacial score (nSPS) is 15.0. The van der Waals surface area contributed by atoms with Gasteiger partial charge >= 0.3 is 10.2 Å². The van der Waals surface area contributed by atoms with E-state index in [-0.39, 0.29) is 68.1 Å². The van der Waals surface area contributed by atoms with Crippen molar-refractivity contribution < 1.29 is 39.9 Å². The molecule has 3 aromatic carbocycles. The molecule has 0 aromatic heterocycles. The van der Waals surface area contributed by atoms with E-state index in [2.05, 4.69) is 26.6 Å². The predicted octanol–water partition coefficient (Wildman–Crippen LogP) is 10.7. The first kappa shape index (κ1) is 52.3. The fraction of sp³-hybridized carbons (Fsp3) is 0.532. The Kier molecular flexibility index (Phi) is 18.2. The molecule has 0 bridgehead atoms. The van der Waals surface area contributed by atoms with E-state index in [1.54, 1.807) is 34.6 Å². The molecule has 352 valence electrons. The fourth-order valence-electron chi connectivity index (χ4n) is 7.77. The summed E-state index contributed by atoms with van der Waals surface area (Å²) >= 11 is 0. The molecule has 0 fully saturated rings. The molecule has 1 atom stereocenters. The molecular weight excluding hydrogens is 875 g/mol. The molecule has 64 heavy (non-hydrogen) atoms. The van der Waals surface area contributed by atoms with Gasteiger partial charge in [-0.3, -0.25) is 14.3 Å². The lowest BCUT2D eigenvalue weighted by Crippen LogP contribution is -2.40. The Labute approximate surface area is 381 Å². The molecular formula is C47H67N5O9S3. The topological polar surface area (TPSA) is 209 Å². The molecule has 0 aliphatic heterocycles. The maximum atomic E-state index is 14.7. The van der Waals surface area contributed by atoms with Gasteiger partial charge in [0.25, 0.3) is 0 Å². The number of unbranched alkanes of at least 4 members (excludes halogenated alkanes) is 10.